The van der Waals surface area contributed by atoms with E-state index in [0.29, 0.717) is 0 Å². The van der Waals surface area contributed by atoms with Gasteiger partial charge in [0.15, 0.2) is 17.5 Å². The van der Waals surface area contributed by atoms with E-state index in [1.807, 2.05) is 0 Å². The van der Waals surface area contributed by atoms with Crippen LogP contribution in [0.4, 0.5) is 13.2 Å². The minimum Gasteiger partial charge on any atom is -0.480 e. The molecule has 1 aromatic rings. The molecule has 0 spiro atoms. The molecule has 0 saturated carbocycles. The molecule has 0 saturated heterocycles. The molecule has 0 aliphatic heterocycles. The molecule has 18 heavy (non-hydrogen) atoms. The number of carbonyl (C=O) groups is 1. The van der Waals surface area contributed by atoms with Crippen LogP contribution in [0, 0.1) is 17.5 Å². The smallest absolute Gasteiger partial charge is 0.317 e. The first kappa shape index (κ1) is 14.5. The summed E-state index contributed by atoms with van der Waals surface area (Å²) in [6.07, 6.45) is 0. The van der Waals surface area contributed by atoms with Crippen molar-refractivity contribution >= 4 is 5.97 Å². The summed E-state index contributed by atoms with van der Waals surface area (Å²) >= 11 is 0. The Morgan fingerprint density at radius 1 is 1.28 bits per heavy atom. The second kappa shape index (κ2) is 5.86. The molecular weight excluding hydrogens is 247 g/mol. The highest BCUT2D eigenvalue weighted by atomic mass is 19.2. The zero-order chi connectivity index (χ0) is 13.9. The SMILES string of the molecule is CC(C)N(CC(=O)O)Cc1cc(F)c(F)c(F)c1. The molecule has 0 unspecified atom stereocenters. The first-order chi connectivity index (χ1) is 8.31. The highest BCUT2D eigenvalue weighted by Crippen LogP contribution is 2.16. The van der Waals surface area contributed by atoms with E-state index < -0.39 is 23.4 Å². The summed E-state index contributed by atoms with van der Waals surface area (Å²) in [5.74, 6) is -5.10. The third-order valence-corrected chi connectivity index (χ3v) is 2.50. The highest BCUT2D eigenvalue weighted by Gasteiger charge is 2.16. The largest absolute Gasteiger partial charge is 0.480 e. The predicted octanol–water partition coefficient (Wildman–Crippen LogP) is 2.40. The van der Waals surface area contributed by atoms with Crippen LogP contribution in [0.2, 0.25) is 0 Å². The van der Waals surface area contributed by atoms with Gasteiger partial charge < -0.3 is 5.11 Å². The summed E-state index contributed by atoms with van der Waals surface area (Å²) < 4.78 is 38.8. The Labute approximate surface area is 103 Å². The van der Waals surface area contributed by atoms with Crippen molar-refractivity contribution in [2.45, 2.75) is 26.4 Å². The topological polar surface area (TPSA) is 40.5 Å². The number of hydrogen-bond acceptors (Lipinski definition) is 2. The average molecular weight is 261 g/mol. The number of hydrogen-bond donors (Lipinski definition) is 1. The van der Waals surface area contributed by atoms with E-state index in [2.05, 4.69) is 0 Å². The molecular formula is C12H14F3NO2. The Morgan fingerprint density at radius 2 is 1.78 bits per heavy atom. The minimum absolute atomic E-state index is 0.0398. The van der Waals surface area contributed by atoms with E-state index >= 15 is 0 Å². The molecule has 0 bridgehead atoms. The van der Waals surface area contributed by atoms with Crippen LogP contribution >= 0.6 is 0 Å². The summed E-state index contributed by atoms with van der Waals surface area (Å²) in [5, 5.41) is 8.71. The molecule has 6 heteroatoms. The standard InChI is InChI=1S/C12H14F3NO2/c1-7(2)16(6-11(17)18)5-8-3-9(13)12(15)10(14)4-8/h3-4,7H,5-6H2,1-2H3,(H,17,18). The molecule has 0 aliphatic carbocycles. The van der Waals surface area contributed by atoms with Crippen molar-refractivity contribution in [1.82, 2.24) is 4.90 Å². The van der Waals surface area contributed by atoms with Crippen LogP contribution in [-0.4, -0.2) is 28.6 Å². The summed E-state index contributed by atoms with van der Waals surface area (Å²) in [5.41, 5.74) is 0.196. The van der Waals surface area contributed by atoms with Gasteiger partial charge in [-0.25, -0.2) is 13.2 Å². The Hall–Kier alpha value is -1.56. The second-order valence-corrected chi connectivity index (χ2v) is 4.27. The molecule has 1 rings (SSSR count). The van der Waals surface area contributed by atoms with E-state index in [4.69, 9.17) is 5.11 Å². The lowest BCUT2D eigenvalue weighted by molar-refractivity contribution is -0.138. The van der Waals surface area contributed by atoms with Gasteiger partial charge in [0.1, 0.15) is 0 Å². The van der Waals surface area contributed by atoms with Crippen molar-refractivity contribution in [3.05, 3.63) is 35.1 Å². The Bertz CT molecular complexity index is 426. The normalized spacial score (nSPS) is 11.3. The molecule has 3 nitrogen and oxygen atoms in total. The van der Waals surface area contributed by atoms with E-state index in [0.717, 1.165) is 12.1 Å². The van der Waals surface area contributed by atoms with Gasteiger partial charge in [0.2, 0.25) is 0 Å². The predicted molar refractivity (Wildman–Crippen MR) is 59.5 cm³/mol. The van der Waals surface area contributed by atoms with E-state index in [-0.39, 0.29) is 24.7 Å². The second-order valence-electron chi connectivity index (χ2n) is 4.27. The number of benzene rings is 1. The Balaban J connectivity index is 2.90. The minimum atomic E-state index is -1.52. The van der Waals surface area contributed by atoms with Gasteiger partial charge in [0.05, 0.1) is 6.54 Å². The Kier molecular flexibility index (Phi) is 4.72. The average Bonchev–Trinajstić information content (AvgIpc) is 2.24. The van der Waals surface area contributed by atoms with Gasteiger partial charge in [-0.05, 0) is 31.5 Å². The van der Waals surface area contributed by atoms with E-state index in [9.17, 15) is 18.0 Å². The van der Waals surface area contributed by atoms with Crippen molar-refractivity contribution in [3.8, 4) is 0 Å². The molecule has 0 aromatic heterocycles. The number of aliphatic carboxylic acids is 1. The molecule has 1 aromatic carbocycles. The summed E-state index contributed by atoms with van der Waals surface area (Å²) in [4.78, 5) is 12.2. The Morgan fingerprint density at radius 3 is 2.17 bits per heavy atom. The van der Waals surface area contributed by atoms with Gasteiger partial charge in [-0.2, -0.15) is 0 Å². The van der Waals surface area contributed by atoms with Gasteiger partial charge >= 0.3 is 5.97 Å². The third kappa shape index (κ3) is 3.73. The number of carboxylic acids is 1. The van der Waals surface area contributed by atoms with E-state index in [1.54, 1.807) is 13.8 Å². The van der Waals surface area contributed by atoms with Gasteiger partial charge in [-0.15, -0.1) is 0 Å². The maximum Gasteiger partial charge on any atom is 0.317 e. The zero-order valence-electron chi connectivity index (χ0n) is 10.1. The lowest BCUT2D eigenvalue weighted by Gasteiger charge is -2.24. The molecule has 0 heterocycles. The van der Waals surface area contributed by atoms with Crippen molar-refractivity contribution < 1.29 is 23.1 Å². The maximum absolute atomic E-state index is 13.0. The van der Waals surface area contributed by atoms with Gasteiger partial charge in [0, 0.05) is 12.6 Å². The lowest BCUT2D eigenvalue weighted by atomic mass is 10.1. The van der Waals surface area contributed by atoms with Gasteiger partial charge in [0.25, 0.3) is 0 Å². The van der Waals surface area contributed by atoms with Crippen LogP contribution in [0.1, 0.15) is 19.4 Å². The van der Waals surface area contributed by atoms with E-state index in [1.165, 1.54) is 4.90 Å². The summed E-state index contributed by atoms with van der Waals surface area (Å²) in [6, 6.07) is 1.63. The fourth-order valence-corrected chi connectivity index (χ4v) is 1.53. The fourth-order valence-electron chi connectivity index (χ4n) is 1.53. The highest BCUT2D eigenvalue weighted by molar-refractivity contribution is 5.69. The number of nitrogens with zero attached hydrogens (tertiary/aromatic N) is 1. The van der Waals surface area contributed by atoms with Gasteiger partial charge in [-0.1, -0.05) is 0 Å². The molecule has 0 atom stereocenters. The third-order valence-electron chi connectivity index (χ3n) is 2.50. The number of rotatable bonds is 5. The van der Waals surface area contributed by atoms with Crippen LogP contribution in [0.25, 0.3) is 0 Å². The first-order valence-electron chi connectivity index (χ1n) is 5.40. The monoisotopic (exact) mass is 261 g/mol. The van der Waals surface area contributed by atoms with Crippen LogP contribution in [0.15, 0.2) is 12.1 Å². The number of carboxylic acid groups (broad SMARTS) is 1. The lowest BCUT2D eigenvalue weighted by Crippen LogP contribution is -2.35. The fraction of sp³-hybridized carbons (Fsp3) is 0.417. The van der Waals surface area contributed by atoms with Crippen molar-refractivity contribution in [2.75, 3.05) is 6.54 Å². The first-order valence-corrected chi connectivity index (χ1v) is 5.40. The van der Waals surface area contributed by atoms with Crippen molar-refractivity contribution in [3.63, 3.8) is 0 Å². The quantitative estimate of drug-likeness (QED) is 0.827. The van der Waals surface area contributed by atoms with Crippen molar-refractivity contribution in [1.29, 1.82) is 0 Å². The number of halogens is 3. The van der Waals surface area contributed by atoms with Crippen LogP contribution in [0.3, 0.4) is 0 Å². The van der Waals surface area contributed by atoms with Crippen molar-refractivity contribution in [2.24, 2.45) is 0 Å². The van der Waals surface area contributed by atoms with Gasteiger partial charge in [-0.3, -0.25) is 9.69 Å². The zero-order valence-corrected chi connectivity index (χ0v) is 10.1. The molecule has 0 amide bonds. The van der Waals surface area contributed by atoms with Crippen LogP contribution in [-0.2, 0) is 11.3 Å². The molecule has 0 fully saturated rings. The van der Waals surface area contributed by atoms with Crippen LogP contribution in [0.5, 0.6) is 0 Å². The summed E-state index contributed by atoms with van der Waals surface area (Å²) in [6.45, 7) is 3.31. The maximum atomic E-state index is 13.0. The molecule has 0 aliphatic rings. The summed E-state index contributed by atoms with van der Waals surface area (Å²) in [7, 11) is 0. The molecule has 100 valence electrons. The van der Waals surface area contributed by atoms with Crippen LogP contribution < -0.4 is 0 Å². The molecule has 1 N–H and O–H groups in total. The molecule has 0 radical (unpaired) electrons.